The fourth-order valence-corrected chi connectivity index (χ4v) is 0.970. The quantitative estimate of drug-likeness (QED) is 0.488. The van der Waals surface area contributed by atoms with Crippen LogP contribution in [0.25, 0.3) is 0 Å². The van der Waals surface area contributed by atoms with Crippen LogP contribution >= 0.6 is 0 Å². The van der Waals surface area contributed by atoms with Gasteiger partial charge in [-0.1, -0.05) is 0 Å². The third-order valence-electron chi connectivity index (χ3n) is 2.06. The molecule has 0 aromatic heterocycles. The van der Waals surface area contributed by atoms with Crippen LogP contribution in [0.15, 0.2) is 0 Å². The predicted octanol–water partition coefficient (Wildman–Crippen LogP) is -0.454. The number of ether oxygens (including phenoxy) is 1. The lowest BCUT2D eigenvalue weighted by atomic mass is 10.1. The number of rotatable bonds is 7. The van der Waals surface area contributed by atoms with Crippen LogP contribution in [-0.2, 0) is 9.53 Å². The van der Waals surface area contributed by atoms with E-state index in [-0.39, 0.29) is 12.6 Å². The molecule has 0 fully saturated rings. The summed E-state index contributed by atoms with van der Waals surface area (Å²) in [6, 6.07) is -0.543. The highest BCUT2D eigenvalue weighted by molar-refractivity contribution is 5.79. The van der Waals surface area contributed by atoms with Crippen molar-refractivity contribution in [2.24, 2.45) is 0 Å². The van der Waals surface area contributed by atoms with E-state index < -0.39 is 17.6 Å². The van der Waals surface area contributed by atoms with Crippen molar-refractivity contribution in [3.8, 4) is 0 Å². The smallest absolute Gasteiger partial charge is 0.337 e. The highest BCUT2D eigenvalue weighted by Crippen LogP contribution is 2.00. The molecular weight excluding hydrogens is 228 g/mol. The van der Waals surface area contributed by atoms with Gasteiger partial charge in [-0.15, -0.1) is 0 Å². The monoisotopic (exact) mass is 248 g/mol. The molecule has 2 atom stereocenters. The van der Waals surface area contributed by atoms with Gasteiger partial charge in [-0.3, -0.25) is 0 Å². The van der Waals surface area contributed by atoms with E-state index in [1.807, 2.05) is 6.92 Å². The number of carboxylic acid groups (broad SMARTS) is 1. The fourth-order valence-electron chi connectivity index (χ4n) is 0.970. The van der Waals surface area contributed by atoms with Gasteiger partial charge in [0, 0.05) is 13.2 Å². The number of carboxylic acids is 1. The van der Waals surface area contributed by atoms with E-state index in [0.29, 0.717) is 13.2 Å². The second-order valence-corrected chi connectivity index (χ2v) is 3.91. The van der Waals surface area contributed by atoms with Crippen LogP contribution in [0.4, 0.5) is 4.79 Å². The number of carbonyl (C=O) groups excluding carboxylic acids is 1. The summed E-state index contributed by atoms with van der Waals surface area (Å²) in [5.74, 6) is -1.39. The van der Waals surface area contributed by atoms with E-state index in [9.17, 15) is 14.7 Å². The topological polar surface area (TPSA) is 108 Å². The number of urea groups is 1. The van der Waals surface area contributed by atoms with E-state index in [2.05, 4.69) is 10.6 Å². The maximum Gasteiger partial charge on any atom is 0.337 e. The summed E-state index contributed by atoms with van der Waals surface area (Å²) >= 11 is 0. The summed E-state index contributed by atoms with van der Waals surface area (Å²) in [7, 11) is 0. The molecule has 0 heterocycles. The highest BCUT2D eigenvalue weighted by Gasteiger charge is 2.30. The van der Waals surface area contributed by atoms with Crippen LogP contribution in [0.3, 0.4) is 0 Å². The molecule has 0 aromatic carbocycles. The Bertz CT molecular complexity index is 267. The molecule has 4 N–H and O–H groups in total. The molecule has 7 nitrogen and oxygen atoms in total. The Labute approximate surface area is 100 Å². The van der Waals surface area contributed by atoms with Crippen molar-refractivity contribution < 1.29 is 24.5 Å². The summed E-state index contributed by atoms with van der Waals surface area (Å²) in [4.78, 5) is 21.8. The Hall–Kier alpha value is -1.34. The van der Waals surface area contributed by atoms with E-state index in [1.165, 1.54) is 0 Å². The number of amides is 2. The molecule has 7 heteroatoms. The van der Waals surface area contributed by atoms with E-state index >= 15 is 0 Å². The number of aliphatic hydroxyl groups is 1. The molecule has 100 valence electrons. The van der Waals surface area contributed by atoms with E-state index in [4.69, 9.17) is 9.84 Å². The van der Waals surface area contributed by atoms with Gasteiger partial charge in [0.2, 0.25) is 0 Å². The summed E-state index contributed by atoms with van der Waals surface area (Å²) in [5.41, 5.74) is -1.97. The third kappa shape index (κ3) is 6.75. The average molecular weight is 248 g/mol. The molecule has 2 unspecified atom stereocenters. The molecule has 17 heavy (non-hydrogen) atoms. The molecule has 0 saturated heterocycles. The van der Waals surface area contributed by atoms with Crippen molar-refractivity contribution in [3.05, 3.63) is 0 Å². The SMILES string of the molecule is CCOC(C)CNC(=O)NCC(C)(O)C(=O)O. The lowest BCUT2D eigenvalue weighted by Gasteiger charge is -2.19. The van der Waals surface area contributed by atoms with Crippen LogP contribution in [0, 0.1) is 0 Å². The second-order valence-electron chi connectivity index (χ2n) is 3.91. The Balaban J connectivity index is 3.84. The van der Waals surface area contributed by atoms with E-state index in [1.54, 1.807) is 6.92 Å². The van der Waals surface area contributed by atoms with Crippen molar-refractivity contribution in [2.75, 3.05) is 19.7 Å². The first-order valence-corrected chi connectivity index (χ1v) is 5.38. The Morgan fingerprint density at radius 2 is 2.00 bits per heavy atom. The summed E-state index contributed by atoms with van der Waals surface area (Å²) in [6.45, 7) is 5.26. The third-order valence-corrected chi connectivity index (χ3v) is 2.06. The van der Waals surface area contributed by atoms with E-state index in [0.717, 1.165) is 6.92 Å². The second kappa shape index (κ2) is 7.08. The predicted molar refractivity (Wildman–Crippen MR) is 60.7 cm³/mol. The van der Waals surface area contributed by atoms with Gasteiger partial charge < -0.3 is 25.6 Å². The number of carbonyl (C=O) groups is 2. The van der Waals surface area contributed by atoms with Crippen molar-refractivity contribution >= 4 is 12.0 Å². The van der Waals surface area contributed by atoms with Crippen LogP contribution in [0.2, 0.25) is 0 Å². The van der Waals surface area contributed by atoms with Gasteiger partial charge in [-0.2, -0.15) is 0 Å². The van der Waals surface area contributed by atoms with Crippen LogP contribution < -0.4 is 10.6 Å². The normalized spacial score (nSPS) is 15.8. The molecule has 0 aliphatic rings. The van der Waals surface area contributed by atoms with Gasteiger partial charge in [0.15, 0.2) is 5.60 Å². The molecule has 0 aliphatic carbocycles. The highest BCUT2D eigenvalue weighted by atomic mass is 16.5. The zero-order valence-corrected chi connectivity index (χ0v) is 10.3. The standard InChI is InChI=1S/C10H20N2O5/c1-4-17-7(2)5-11-9(15)12-6-10(3,16)8(13)14/h7,16H,4-6H2,1-3H3,(H,13,14)(H2,11,12,15). The minimum Gasteiger partial charge on any atom is -0.479 e. The van der Waals surface area contributed by atoms with Crippen LogP contribution in [-0.4, -0.2) is 53.6 Å². The fraction of sp³-hybridized carbons (Fsp3) is 0.800. The molecule has 0 rings (SSSR count). The van der Waals surface area contributed by atoms with Gasteiger partial charge >= 0.3 is 12.0 Å². The summed E-state index contributed by atoms with van der Waals surface area (Å²) in [5, 5.41) is 22.7. The van der Waals surface area contributed by atoms with Gasteiger partial charge in [0.1, 0.15) is 0 Å². The van der Waals surface area contributed by atoms with Crippen LogP contribution in [0.5, 0.6) is 0 Å². The first-order valence-electron chi connectivity index (χ1n) is 5.38. The van der Waals surface area contributed by atoms with Gasteiger partial charge in [0.05, 0.1) is 12.6 Å². The number of nitrogens with one attached hydrogen (secondary N) is 2. The molecule has 0 aliphatic heterocycles. The molecule has 0 bridgehead atoms. The Morgan fingerprint density at radius 1 is 1.41 bits per heavy atom. The zero-order valence-electron chi connectivity index (χ0n) is 10.3. The van der Waals surface area contributed by atoms with Crippen molar-refractivity contribution in [1.29, 1.82) is 0 Å². The first kappa shape index (κ1) is 15.7. The lowest BCUT2D eigenvalue weighted by molar-refractivity contribution is -0.155. The molecule has 0 spiro atoms. The van der Waals surface area contributed by atoms with Gasteiger partial charge in [0.25, 0.3) is 0 Å². The molecule has 0 radical (unpaired) electrons. The molecule has 0 saturated carbocycles. The van der Waals surface area contributed by atoms with Crippen molar-refractivity contribution in [3.63, 3.8) is 0 Å². The number of hydrogen-bond acceptors (Lipinski definition) is 4. The minimum absolute atomic E-state index is 0.120. The molecule has 2 amide bonds. The van der Waals surface area contributed by atoms with Crippen molar-refractivity contribution in [1.82, 2.24) is 10.6 Å². The molecule has 0 aromatic rings. The zero-order chi connectivity index (χ0) is 13.5. The average Bonchev–Trinajstić information content (AvgIpc) is 2.24. The number of hydrogen-bond donors (Lipinski definition) is 4. The van der Waals surface area contributed by atoms with Crippen molar-refractivity contribution in [2.45, 2.75) is 32.5 Å². The lowest BCUT2D eigenvalue weighted by Crippen LogP contribution is -2.49. The van der Waals surface area contributed by atoms with Gasteiger partial charge in [-0.05, 0) is 20.8 Å². The number of aliphatic carboxylic acids is 1. The first-order chi connectivity index (χ1) is 7.79. The largest absolute Gasteiger partial charge is 0.479 e. The molecular formula is C10H20N2O5. The maximum absolute atomic E-state index is 11.2. The maximum atomic E-state index is 11.2. The summed E-state index contributed by atoms with van der Waals surface area (Å²) < 4.78 is 5.19. The minimum atomic E-state index is -1.97. The Kier molecular flexibility index (Phi) is 6.52. The van der Waals surface area contributed by atoms with Crippen LogP contribution in [0.1, 0.15) is 20.8 Å². The Morgan fingerprint density at radius 3 is 2.47 bits per heavy atom. The summed E-state index contributed by atoms with van der Waals surface area (Å²) in [6.07, 6.45) is -0.120. The van der Waals surface area contributed by atoms with Gasteiger partial charge in [-0.25, -0.2) is 9.59 Å².